The number of carbonyl (C=O) groups excluding carboxylic acids is 1. The number of fused-ring (bicyclic) bond motifs is 1. The lowest BCUT2D eigenvalue weighted by Gasteiger charge is -2.27. The van der Waals surface area contributed by atoms with E-state index in [0.717, 1.165) is 17.7 Å². The average Bonchev–Trinajstić information content (AvgIpc) is 2.47. The van der Waals surface area contributed by atoms with Crippen molar-refractivity contribution >= 4 is 5.78 Å². The summed E-state index contributed by atoms with van der Waals surface area (Å²) in [6.45, 7) is 4.43. The lowest BCUT2D eigenvalue weighted by Crippen LogP contribution is -2.25. The van der Waals surface area contributed by atoms with E-state index in [4.69, 9.17) is 4.98 Å². The third-order valence-corrected chi connectivity index (χ3v) is 5.17. The molecule has 0 aliphatic heterocycles. The molecule has 2 nitrogen and oxygen atoms in total. The van der Waals surface area contributed by atoms with Gasteiger partial charge in [0.2, 0.25) is 0 Å². The topological polar surface area (TPSA) is 30.0 Å². The van der Waals surface area contributed by atoms with Gasteiger partial charge in [0, 0.05) is 23.6 Å². The van der Waals surface area contributed by atoms with E-state index >= 15 is 0 Å². The zero-order chi connectivity index (χ0) is 14.1. The van der Waals surface area contributed by atoms with Gasteiger partial charge in [0.15, 0.2) is 5.78 Å². The van der Waals surface area contributed by atoms with Crippen LogP contribution in [0.3, 0.4) is 0 Å². The van der Waals surface area contributed by atoms with Crippen LogP contribution in [0, 0.1) is 11.8 Å². The lowest BCUT2D eigenvalue weighted by atomic mass is 9.79. The second-order valence-corrected chi connectivity index (χ2v) is 6.90. The van der Waals surface area contributed by atoms with E-state index < -0.39 is 0 Å². The largest absolute Gasteiger partial charge is 0.294 e. The Hall–Kier alpha value is -1.18. The van der Waals surface area contributed by atoms with E-state index in [1.807, 2.05) is 6.07 Å². The van der Waals surface area contributed by atoms with Gasteiger partial charge in [0.05, 0.1) is 5.69 Å². The molecule has 0 N–H and O–H groups in total. The molecule has 0 amide bonds. The summed E-state index contributed by atoms with van der Waals surface area (Å²) in [7, 11) is 0. The van der Waals surface area contributed by atoms with Crippen LogP contribution in [0.1, 0.15) is 80.0 Å². The number of aromatic nitrogens is 1. The minimum Gasteiger partial charge on any atom is -0.294 e. The third-order valence-electron chi connectivity index (χ3n) is 5.17. The molecule has 108 valence electrons. The van der Waals surface area contributed by atoms with Crippen molar-refractivity contribution in [2.24, 2.45) is 11.8 Å². The summed E-state index contributed by atoms with van der Waals surface area (Å²) < 4.78 is 0. The molecule has 1 aromatic rings. The van der Waals surface area contributed by atoms with Gasteiger partial charge in [-0.2, -0.15) is 0 Å². The molecule has 3 rings (SSSR count). The van der Waals surface area contributed by atoms with E-state index in [1.54, 1.807) is 0 Å². The molecule has 1 unspecified atom stereocenters. The zero-order valence-electron chi connectivity index (χ0n) is 12.7. The predicted molar refractivity (Wildman–Crippen MR) is 81.0 cm³/mol. The number of hydrogen-bond donors (Lipinski definition) is 0. The summed E-state index contributed by atoms with van der Waals surface area (Å²) >= 11 is 0. The maximum Gasteiger partial charge on any atom is 0.165 e. The molecule has 0 aromatic carbocycles. The first-order valence-electron chi connectivity index (χ1n) is 8.18. The normalized spacial score (nSPS) is 23.9. The van der Waals surface area contributed by atoms with Gasteiger partial charge in [0.1, 0.15) is 0 Å². The Morgan fingerprint density at radius 3 is 2.55 bits per heavy atom. The smallest absolute Gasteiger partial charge is 0.165 e. The molecule has 2 heteroatoms. The first-order valence-corrected chi connectivity index (χ1v) is 8.18. The fourth-order valence-electron chi connectivity index (χ4n) is 3.69. The summed E-state index contributed by atoms with van der Waals surface area (Å²) in [5.41, 5.74) is 3.20. The Balaban J connectivity index is 1.87. The van der Waals surface area contributed by atoms with Crippen LogP contribution in [0.25, 0.3) is 0 Å². The van der Waals surface area contributed by atoms with Crippen molar-refractivity contribution in [2.75, 3.05) is 0 Å². The number of pyridine rings is 1. The monoisotopic (exact) mass is 271 g/mol. The molecule has 1 atom stereocenters. The maximum atomic E-state index is 12.2. The highest BCUT2D eigenvalue weighted by molar-refractivity contribution is 5.98. The van der Waals surface area contributed by atoms with E-state index in [2.05, 4.69) is 19.9 Å². The number of rotatable bonds is 2. The van der Waals surface area contributed by atoms with Crippen molar-refractivity contribution in [3.8, 4) is 0 Å². The van der Waals surface area contributed by atoms with E-state index in [0.29, 0.717) is 30.0 Å². The Morgan fingerprint density at radius 1 is 1.10 bits per heavy atom. The molecule has 2 aliphatic carbocycles. The molecular formula is C18H25NO. The Morgan fingerprint density at radius 2 is 1.85 bits per heavy atom. The van der Waals surface area contributed by atoms with Gasteiger partial charge in [-0.15, -0.1) is 0 Å². The van der Waals surface area contributed by atoms with E-state index in [-0.39, 0.29) is 0 Å². The van der Waals surface area contributed by atoms with Crippen molar-refractivity contribution in [2.45, 2.75) is 64.7 Å². The van der Waals surface area contributed by atoms with Crippen LogP contribution >= 0.6 is 0 Å². The van der Waals surface area contributed by atoms with Crippen LogP contribution in [-0.4, -0.2) is 10.8 Å². The van der Waals surface area contributed by atoms with Crippen molar-refractivity contribution < 1.29 is 4.79 Å². The van der Waals surface area contributed by atoms with Crippen LogP contribution in [0.2, 0.25) is 0 Å². The Kier molecular flexibility index (Phi) is 3.91. The molecule has 1 aromatic heterocycles. The van der Waals surface area contributed by atoms with Crippen LogP contribution in [0.4, 0.5) is 0 Å². The van der Waals surface area contributed by atoms with E-state index in [1.165, 1.54) is 37.8 Å². The number of carbonyl (C=O) groups is 1. The standard InChI is InChI=1S/C18H25NO/c1-12(2)14-10-17-15(18(20)11-14)8-9-16(19-17)13-6-4-3-5-7-13/h8-9,12-14H,3-7,10-11H2,1-2H3. The van der Waals surface area contributed by atoms with Crippen LogP contribution in [0.5, 0.6) is 0 Å². The van der Waals surface area contributed by atoms with Crippen molar-refractivity contribution in [3.63, 3.8) is 0 Å². The van der Waals surface area contributed by atoms with E-state index in [9.17, 15) is 4.79 Å². The molecule has 0 saturated heterocycles. The number of hydrogen-bond acceptors (Lipinski definition) is 2. The van der Waals surface area contributed by atoms with Gasteiger partial charge in [-0.1, -0.05) is 33.1 Å². The van der Waals surface area contributed by atoms with Crippen molar-refractivity contribution in [1.82, 2.24) is 4.98 Å². The first kappa shape index (κ1) is 13.8. The molecule has 0 spiro atoms. The summed E-state index contributed by atoms with van der Waals surface area (Å²) in [5.74, 6) is 1.97. The molecule has 1 saturated carbocycles. The van der Waals surface area contributed by atoms with Crippen molar-refractivity contribution in [3.05, 3.63) is 29.1 Å². The average molecular weight is 271 g/mol. The second-order valence-electron chi connectivity index (χ2n) is 6.90. The lowest BCUT2D eigenvalue weighted by molar-refractivity contribution is 0.0931. The minimum absolute atomic E-state index is 0.299. The van der Waals surface area contributed by atoms with Gasteiger partial charge in [-0.3, -0.25) is 9.78 Å². The SMILES string of the molecule is CC(C)C1CC(=O)c2ccc(C3CCCCC3)nc2C1. The molecule has 1 heterocycles. The van der Waals surface area contributed by atoms with Gasteiger partial charge in [-0.05, 0) is 43.2 Å². The fraction of sp³-hybridized carbons (Fsp3) is 0.667. The summed E-state index contributed by atoms with van der Waals surface area (Å²) in [6, 6.07) is 4.16. The predicted octanol–water partition coefficient (Wildman–Crippen LogP) is 4.53. The highest BCUT2D eigenvalue weighted by Crippen LogP contribution is 2.34. The minimum atomic E-state index is 0.299. The van der Waals surface area contributed by atoms with Crippen LogP contribution in [-0.2, 0) is 6.42 Å². The third kappa shape index (κ3) is 2.65. The highest BCUT2D eigenvalue weighted by Gasteiger charge is 2.29. The highest BCUT2D eigenvalue weighted by atomic mass is 16.1. The summed E-state index contributed by atoms with van der Waals surface area (Å²) in [5, 5.41) is 0. The quantitative estimate of drug-likeness (QED) is 0.791. The van der Waals surface area contributed by atoms with Gasteiger partial charge in [0.25, 0.3) is 0 Å². The molecule has 1 fully saturated rings. The maximum absolute atomic E-state index is 12.2. The fourth-order valence-corrected chi connectivity index (χ4v) is 3.69. The molecule has 2 aliphatic rings. The number of Topliss-reactive ketones (excluding diaryl/α,β-unsaturated/α-hetero) is 1. The summed E-state index contributed by atoms with van der Waals surface area (Å²) in [6.07, 6.45) is 8.26. The van der Waals surface area contributed by atoms with Crippen LogP contribution in [0.15, 0.2) is 12.1 Å². The molecule has 20 heavy (non-hydrogen) atoms. The Labute approximate surface area is 122 Å². The first-order chi connectivity index (χ1) is 9.65. The number of nitrogens with zero attached hydrogens (tertiary/aromatic N) is 1. The molecule has 0 bridgehead atoms. The number of ketones is 1. The van der Waals surface area contributed by atoms with Crippen molar-refractivity contribution in [1.29, 1.82) is 0 Å². The molecular weight excluding hydrogens is 246 g/mol. The van der Waals surface area contributed by atoms with Gasteiger partial charge < -0.3 is 0 Å². The second kappa shape index (κ2) is 5.67. The summed E-state index contributed by atoms with van der Waals surface area (Å²) in [4.78, 5) is 17.1. The molecule has 0 radical (unpaired) electrons. The van der Waals surface area contributed by atoms with Gasteiger partial charge >= 0.3 is 0 Å². The van der Waals surface area contributed by atoms with Gasteiger partial charge in [-0.25, -0.2) is 0 Å². The Bertz CT molecular complexity index is 500. The zero-order valence-corrected chi connectivity index (χ0v) is 12.7. The van der Waals surface area contributed by atoms with Crippen LogP contribution < -0.4 is 0 Å².